The first-order valence-electron chi connectivity index (χ1n) is 10.8. The first-order valence-corrected chi connectivity index (χ1v) is 12.5. The molecule has 0 amide bonds. The van der Waals surface area contributed by atoms with Gasteiger partial charge in [0.1, 0.15) is 5.78 Å². The lowest BCUT2D eigenvalue weighted by Crippen LogP contribution is -2.42. The number of nitrogens with zero attached hydrogens (tertiary/aromatic N) is 4. The van der Waals surface area contributed by atoms with E-state index < -0.39 is 7.44 Å². The van der Waals surface area contributed by atoms with Crippen molar-refractivity contribution < 1.29 is 9.30 Å². The highest BCUT2D eigenvalue weighted by Crippen LogP contribution is 2.69. The number of rotatable bonds is 5. The zero-order chi connectivity index (χ0) is 21.1. The number of morpholine rings is 1. The van der Waals surface area contributed by atoms with Gasteiger partial charge in [0.05, 0.1) is 18.9 Å². The van der Waals surface area contributed by atoms with Gasteiger partial charge in [0, 0.05) is 43.8 Å². The van der Waals surface area contributed by atoms with E-state index >= 15 is 4.57 Å². The monoisotopic (exact) mass is 434 g/mol. The molecule has 31 heavy (non-hydrogen) atoms. The topological polar surface area (TPSA) is 48.9 Å². The van der Waals surface area contributed by atoms with Crippen LogP contribution in [0.1, 0.15) is 11.5 Å². The summed E-state index contributed by atoms with van der Waals surface area (Å²) in [6.45, 7) is 4.14. The first-order chi connectivity index (χ1) is 15.3. The summed E-state index contributed by atoms with van der Waals surface area (Å²) in [6.07, 6.45) is 1.80. The number of hydrogen-bond donors (Lipinski definition) is 0. The summed E-state index contributed by atoms with van der Waals surface area (Å²) < 4.78 is 25.3. The van der Waals surface area contributed by atoms with Crippen molar-refractivity contribution >= 4 is 18.8 Å². The molecule has 2 aliphatic rings. The van der Waals surface area contributed by atoms with Gasteiger partial charge in [-0.3, -0.25) is 14.4 Å². The predicted octanol–water partition coefficient (Wildman–Crippen LogP) is 4.63. The highest BCUT2D eigenvalue weighted by Gasteiger charge is 2.52. The smallest absolute Gasteiger partial charge is 0.285 e. The molecule has 0 spiro atoms. The number of benzene rings is 2. The zero-order valence-electron chi connectivity index (χ0n) is 17.5. The van der Waals surface area contributed by atoms with E-state index in [2.05, 4.69) is 38.5 Å². The van der Waals surface area contributed by atoms with Gasteiger partial charge in [-0.15, -0.1) is 0 Å². The van der Waals surface area contributed by atoms with Crippen molar-refractivity contribution in [3.63, 3.8) is 0 Å². The molecule has 0 radical (unpaired) electrons. The lowest BCUT2D eigenvalue weighted by Gasteiger charge is -2.43. The van der Waals surface area contributed by atoms with Crippen LogP contribution >= 0.6 is 7.44 Å². The summed E-state index contributed by atoms with van der Waals surface area (Å²) in [5, 5.41) is 0. The SMILES string of the molecule is O=P1(C(c2ccccn2)N2CCOCC2)N(c2ccccc2)CCN1c1ccccc1. The molecule has 3 heterocycles. The van der Waals surface area contributed by atoms with Gasteiger partial charge in [-0.1, -0.05) is 42.5 Å². The van der Waals surface area contributed by atoms with E-state index in [0.29, 0.717) is 26.3 Å². The molecule has 6 nitrogen and oxygen atoms in total. The van der Waals surface area contributed by atoms with Crippen LogP contribution in [-0.4, -0.2) is 49.3 Å². The summed E-state index contributed by atoms with van der Waals surface area (Å²) in [5.74, 6) is -0.347. The number of anilines is 2. The second-order valence-electron chi connectivity index (χ2n) is 7.78. The Bertz CT molecular complexity index is 978. The van der Waals surface area contributed by atoms with E-state index in [-0.39, 0.29) is 5.78 Å². The Hall–Kier alpha value is -2.66. The maximum Gasteiger partial charge on any atom is 0.285 e. The molecule has 2 fully saturated rings. The lowest BCUT2D eigenvalue weighted by molar-refractivity contribution is 0.0297. The van der Waals surface area contributed by atoms with E-state index in [9.17, 15) is 0 Å². The minimum Gasteiger partial charge on any atom is -0.379 e. The molecule has 0 bridgehead atoms. The lowest BCUT2D eigenvalue weighted by atomic mass is 10.3. The molecule has 0 N–H and O–H groups in total. The molecule has 7 heteroatoms. The largest absolute Gasteiger partial charge is 0.379 e. The Morgan fingerprint density at radius 2 is 1.29 bits per heavy atom. The third kappa shape index (κ3) is 3.76. The quantitative estimate of drug-likeness (QED) is 0.546. The molecule has 3 aromatic rings. The van der Waals surface area contributed by atoms with Crippen molar-refractivity contribution in [3.05, 3.63) is 90.8 Å². The summed E-state index contributed by atoms with van der Waals surface area (Å²) in [4.78, 5) is 6.99. The van der Waals surface area contributed by atoms with Crippen molar-refractivity contribution in [2.24, 2.45) is 0 Å². The number of ether oxygens (including phenoxy) is 1. The van der Waals surface area contributed by atoms with Crippen LogP contribution in [0.25, 0.3) is 0 Å². The average molecular weight is 434 g/mol. The molecule has 2 saturated heterocycles. The molecule has 0 aliphatic carbocycles. The number of hydrogen-bond acceptors (Lipinski definition) is 4. The van der Waals surface area contributed by atoms with Gasteiger partial charge < -0.3 is 14.1 Å². The maximum absolute atomic E-state index is 15.4. The van der Waals surface area contributed by atoms with Crippen molar-refractivity contribution in [1.29, 1.82) is 0 Å². The summed E-state index contributed by atoms with van der Waals surface area (Å²) in [7, 11) is -3.16. The van der Waals surface area contributed by atoms with E-state index in [1.54, 1.807) is 6.20 Å². The van der Waals surface area contributed by atoms with Crippen molar-refractivity contribution in [2.75, 3.05) is 48.7 Å². The van der Waals surface area contributed by atoms with Gasteiger partial charge in [0.15, 0.2) is 0 Å². The second-order valence-corrected chi connectivity index (χ2v) is 10.4. The Morgan fingerprint density at radius 1 is 0.742 bits per heavy atom. The van der Waals surface area contributed by atoms with E-state index in [1.165, 1.54) is 0 Å². The highest BCUT2D eigenvalue weighted by molar-refractivity contribution is 7.67. The third-order valence-corrected chi connectivity index (χ3v) is 9.46. The van der Waals surface area contributed by atoms with Crippen LogP contribution < -0.4 is 9.34 Å². The fourth-order valence-electron chi connectivity index (χ4n) is 4.58. The predicted molar refractivity (Wildman–Crippen MR) is 125 cm³/mol. The molecule has 2 aromatic carbocycles. The first kappa shape index (κ1) is 20.3. The van der Waals surface area contributed by atoms with Crippen LogP contribution in [0, 0.1) is 0 Å². The zero-order valence-corrected chi connectivity index (χ0v) is 18.3. The van der Waals surface area contributed by atoms with Crippen molar-refractivity contribution in [1.82, 2.24) is 9.88 Å². The van der Waals surface area contributed by atoms with Gasteiger partial charge in [0.2, 0.25) is 0 Å². The third-order valence-electron chi connectivity index (χ3n) is 5.99. The van der Waals surface area contributed by atoms with Crippen LogP contribution in [0.3, 0.4) is 0 Å². The van der Waals surface area contributed by atoms with Crippen molar-refractivity contribution in [3.8, 4) is 0 Å². The van der Waals surface area contributed by atoms with Gasteiger partial charge >= 0.3 is 0 Å². The average Bonchev–Trinajstić information content (AvgIpc) is 3.19. The van der Waals surface area contributed by atoms with Gasteiger partial charge in [-0.2, -0.15) is 0 Å². The van der Waals surface area contributed by atoms with Gasteiger partial charge in [-0.25, -0.2) is 0 Å². The molecule has 0 saturated carbocycles. The molecule has 2 aliphatic heterocycles. The number of aromatic nitrogens is 1. The molecule has 1 unspecified atom stereocenters. The van der Waals surface area contributed by atoms with Crippen LogP contribution in [0.15, 0.2) is 85.1 Å². The Kier molecular flexibility index (Phi) is 5.77. The minimum atomic E-state index is -3.16. The maximum atomic E-state index is 15.4. The molecule has 160 valence electrons. The standard InChI is InChI=1S/C24H27N4O2P/c29-31(24(23-13-7-8-14-25-23)26-17-19-30-20-18-26)27(21-9-3-1-4-10-21)15-16-28(31)22-11-5-2-6-12-22/h1-14,24H,15-20H2. The molecular weight excluding hydrogens is 407 g/mol. The molecule has 1 atom stereocenters. The molecule has 1 aromatic heterocycles. The normalized spacial score (nSPS) is 20.0. The minimum absolute atomic E-state index is 0.347. The van der Waals surface area contributed by atoms with Gasteiger partial charge in [0.25, 0.3) is 7.44 Å². The van der Waals surface area contributed by atoms with Crippen molar-refractivity contribution in [2.45, 2.75) is 5.78 Å². The number of para-hydroxylation sites is 2. The Morgan fingerprint density at radius 3 is 1.81 bits per heavy atom. The van der Waals surface area contributed by atoms with Crippen LogP contribution in [0.5, 0.6) is 0 Å². The molecule has 5 rings (SSSR count). The van der Waals surface area contributed by atoms with Crippen LogP contribution in [0.2, 0.25) is 0 Å². The fourth-order valence-corrected chi connectivity index (χ4v) is 8.21. The van der Waals surface area contributed by atoms with Crippen LogP contribution in [-0.2, 0) is 9.30 Å². The summed E-state index contributed by atoms with van der Waals surface area (Å²) in [6, 6.07) is 26.1. The van der Waals surface area contributed by atoms with E-state index in [1.807, 2.05) is 54.6 Å². The highest BCUT2D eigenvalue weighted by atomic mass is 31.2. The van der Waals surface area contributed by atoms with Crippen LogP contribution in [0.4, 0.5) is 11.4 Å². The Balaban J connectivity index is 1.68. The Labute approximate surface area is 183 Å². The summed E-state index contributed by atoms with van der Waals surface area (Å²) in [5.41, 5.74) is 2.81. The fraction of sp³-hybridized carbons (Fsp3) is 0.292. The van der Waals surface area contributed by atoms with E-state index in [0.717, 1.165) is 30.2 Å². The van der Waals surface area contributed by atoms with E-state index in [4.69, 9.17) is 9.72 Å². The molecular formula is C24H27N4O2P. The second kappa shape index (κ2) is 8.83. The summed E-state index contributed by atoms with van der Waals surface area (Å²) >= 11 is 0. The number of pyridine rings is 1. The van der Waals surface area contributed by atoms with Gasteiger partial charge in [-0.05, 0) is 36.4 Å².